The highest BCUT2D eigenvalue weighted by atomic mass is 14.9. The van der Waals surface area contributed by atoms with Crippen molar-refractivity contribution in [3.63, 3.8) is 0 Å². The van der Waals surface area contributed by atoms with Crippen molar-refractivity contribution in [3.05, 3.63) is 179 Å². The van der Waals surface area contributed by atoms with Gasteiger partial charge in [0.1, 0.15) is 14.1 Å². The van der Waals surface area contributed by atoms with Gasteiger partial charge in [-0.2, -0.15) is 0 Å². The maximum atomic E-state index is 4.60. The molecule has 0 N–H and O–H groups in total. The van der Waals surface area contributed by atoms with Gasteiger partial charge in [0.05, 0.1) is 11.4 Å². The highest BCUT2D eigenvalue weighted by molar-refractivity contribution is 5.76. The summed E-state index contributed by atoms with van der Waals surface area (Å²) in [6.07, 6.45) is 28.9. The van der Waals surface area contributed by atoms with Crippen molar-refractivity contribution in [3.8, 4) is 11.4 Å². The summed E-state index contributed by atoms with van der Waals surface area (Å²) in [4.78, 5) is 9.20. The summed E-state index contributed by atoms with van der Waals surface area (Å²) in [6.45, 7) is 0. The lowest BCUT2D eigenvalue weighted by atomic mass is 10.1. The van der Waals surface area contributed by atoms with Crippen LogP contribution in [0, 0.1) is 0 Å². The quantitative estimate of drug-likeness (QED) is 0.157. The monoisotopic (exact) mass is 596 g/mol. The molecule has 0 fully saturated rings. The van der Waals surface area contributed by atoms with Crippen molar-refractivity contribution in [2.24, 2.45) is 14.1 Å². The van der Waals surface area contributed by atoms with E-state index in [4.69, 9.17) is 0 Å². The lowest BCUT2D eigenvalue weighted by Gasteiger charge is -2.03. The van der Waals surface area contributed by atoms with E-state index in [9.17, 15) is 0 Å². The van der Waals surface area contributed by atoms with E-state index in [2.05, 4.69) is 168 Å². The molecular weight excluding hydrogens is 560 g/mol. The highest BCUT2D eigenvalue weighted by Crippen LogP contribution is 2.20. The fourth-order valence-electron chi connectivity index (χ4n) is 4.83. The first kappa shape index (κ1) is 30.0. The minimum Gasteiger partial charge on any atom is -0.255 e. The van der Waals surface area contributed by atoms with Crippen molar-refractivity contribution >= 4 is 48.6 Å². The lowest BCUT2D eigenvalue weighted by Crippen LogP contribution is -2.25. The third-order valence-corrected chi connectivity index (χ3v) is 7.58. The van der Waals surface area contributed by atoms with Crippen LogP contribution in [0.25, 0.3) is 60.0 Å². The standard InChI is InChI=1S/C42H36N4/c1-45-27-21-37(22-28-45)13-11-33-3-7-35(8-4-33)15-17-39-19-25-43-41(31-39)42-32-40(20-26-44-42)18-16-36-9-5-34(6-10-36)12-14-38-23-29-46(2)30-24-38/h3-32H,1-2H3/q+2/b13-11+,14-12+,17-15+,18-16+. The molecular formula is C42H36N4+2. The number of aromatic nitrogens is 4. The first-order chi connectivity index (χ1) is 22.6. The van der Waals surface area contributed by atoms with Gasteiger partial charge in [-0.05, 0) is 68.8 Å². The molecule has 0 atom stereocenters. The molecule has 0 bridgehead atoms. The fourth-order valence-corrected chi connectivity index (χ4v) is 4.83. The summed E-state index contributed by atoms with van der Waals surface area (Å²) >= 11 is 0. The summed E-state index contributed by atoms with van der Waals surface area (Å²) in [5, 5.41) is 0. The molecule has 0 saturated carbocycles. The summed E-state index contributed by atoms with van der Waals surface area (Å²) in [5.41, 5.74) is 10.8. The van der Waals surface area contributed by atoms with Crippen molar-refractivity contribution in [2.75, 3.05) is 0 Å². The lowest BCUT2D eigenvalue weighted by molar-refractivity contribution is -0.671. The Labute approximate surface area is 271 Å². The van der Waals surface area contributed by atoms with Crippen LogP contribution in [0.5, 0.6) is 0 Å². The number of aryl methyl sites for hydroxylation is 2. The van der Waals surface area contributed by atoms with Gasteiger partial charge in [-0.25, -0.2) is 9.13 Å². The Kier molecular flexibility index (Phi) is 9.57. The zero-order valence-electron chi connectivity index (χ0n) is 26.1. The largest absolute Gasteiger partial charge is 0.255 e. The number of rotatable bonds is 9. The van der Waals surface area contributed by atoms with Gasteiger partial charge in [0.2, 0.25) is 0 Å². The molecule has 6 rings (SSSR count). The van der Waals surface area contributed by atoms with Crippen LogP contribution in [0.15, 0.2) is 134 Å². The molecule has 4 aromatic heterocycles. The van der Waals surface area contributed by atoms with Crippen LogP contribution < -0.4 is 9.13 Å². The summed E-state index contributed by atoms with van der Waals surface area (Å²) < 4.78 is 4.06. The molecule has 0 saturated heterocycles. The number of nitrogens with zero attached hydrogens (tertiary/aromatic N) is 4. The van der Waals surface area contributed by atoms with Gasteiger partial charge >= 0.3 is 0 Å². The van der Waals surface area contributed by atoms with Crippen LogP contribution in [-0.4, -0.2) is 9.97 Å². The van der Waals surface area contributed by atoms with Crippen LogP contribution >= 0.6 is 0 Å². The van der Waals surface area contributed by atoms with Gasteiger partial charge in [-0.1, -0.05) is 97.1 Å². The molecule has 222 valence electrons. The van der Waals surface area contributed by atoms with E-state index >= 15 is 0 Å². The number of benzene rings is 2. The van der Waals surface area contributed by atoms with Gasteiger partial charge in [0, 0.05) is 36.7 Å². The molecule has 0 radical (unpaired) electrons. The minimum absolute atomic E-state index is 0.843. The van der Waals surface area contributed by atoms with E-state index in [1.807, 2.05) is 47.8 Å². The Bertz CT molecular complexity index is 1860. The summed E-state index contributed by atoms with van der Waals surface area (Å²) in [5.74, 6) is 0. The smallest absolute Gasteiger partial charge is 0.169 e. The molecule has 4 nitrogen and oxygen atoms in total. The third-order valence-electron chi connectivity index (χ3n) is 7.58. The average Bonchev–Trinajstić information content (AvgIpc) is 3.10. The zero-order valence-corrected chi connectivity index (χ0v) is 26.1. The zero-order chi connectivity index (χ0) is 31.6. The normalized spacial score (nSPS) is 11.8. The molecule has 2 aromatic carbocycles. The molecule has 46 heavy (non-hydrogen) atoms. The van der Waals surface area contributed by atoms with Crippen LogP contribution in [0.3, 0.4) is 0 Å². The Hall–Kier alpha value is -6.00. The van der Waals surface area contributed by atoms with Gasteiger partial charge in [0.15, 0.2) is 24.8 Å². The van der Waals surface area contributed by atoms with E-state index in [0.717, 1.165) is 33.6 Å². The SMILES string of the molecule is C[n+]1ccc(/C=C/c2ccc(/C=C/c3ccnc(-c4cc(/C=C/c5ccc(/C=C/c6cc[n+](C)cc6)cc5)ccn4)c3)cc2)cc1. The number of hydrogen-bond acceptors (Lipinski definition) is 2. The van der Waals surface area contributed by atoms with E-state index < -0.39 is 0 Å². The van der Waals surface area contributed by atoms with Crippen LogP contribution in [0.4, 0.5) is 0 Å². The second-order valence-electron chi connectivity index (χ2n) is 11.2. The van der Waals surface area contributed by atoms with Crippen LogP contribution in [0.1, 0.15) is 44.5 Å². The minimum atomic E-state index is 0.843. The summed E-state index contributed by atoms with van der Waals surface area (Å²) in [6, 6.07) is 33.7. The molecule has 0 spiro atoms. The molecule has 0 aliphatic carbocycles. The van der Waals surface area contributed by atoms with Gasteiger partial charge < -0.3 is 0 Å². The number of pyridine rings is 4. The Morgan fingerprint density at radius 1 is 0.348 bits per heavy atom. The van der Waals surface area contributed by atoms with Gasteiger partial charge in [-0.3, -0.25) is 9.97 Å². The number of hydrogen-bond donors (Lipinski definition) is 0. The summed E-state index contributed by atoms with van der Waals surface area (Å²) in [7, 11) is 4.04. The van der Waals surface area contributed by atoms with Crippen LogP contribution in [0.2, 0.25) is 0 Å². The molecule has 4 heterocycles. The first-order valence-electron chi connectivity index (χ1n) is 15.3. The van der Waals surface area contributed by atoms with E-state index in [-0.39, 0.29) is 0 Å². The maximum absolute atomic E-state index is 4.60. The fraction of sp³-hybridized carbons (Fsp3) is 0.0476. The first-order valence-corrected chi connectivity index (χ1v) is 15.3. The van der Waals surface area contributed by atoms with Crippen molar-refractivity contribution in [2.45, 2.75) is 0 Å². The molecule has 0 aliphatic heterocycles. The second-order valence-corrected chi connectivity index (χ2v) is 11.2. The molecule has 0 unspecified atom stereocenters. The third kappa shape index (κ3) is 8.55. The maximum Gasteiger partial charge on any atom is 0.169 e. The predicted molar refractivity (Wildman–Crippen MR) is 191 cm³/mol. The Balaban J connectivity index is 1.08. The molecule has 0 aliphatic rings. The Morgan fingerprint density at radius 2 is 0.609 bits per heavy atom. The van der Waals surface area contributed by atoms with Gasteiger partial charge in [0.25, 0.3) is 0 Å². The van der Waals surface area contributed by atoms with Crippen LogP contribution in [-0.2, 0) is 14.1 Å². The Morgan fingerprint density at radius 3 is 0.913 bits per heavy atom. The van der Waals surface area contributed by atoms with Gasteiger partial charge in [-0.15, -0.1) is 0 Å². The highest BCUT2D eigenvalue weighted by Gasteiger charge is 2.03. The van der Waals surface area contributed by atoms with E-state index in [0.29, 0.717) is 0 Å². The molecule has 4 heteroatoms. The van der Waals surface area contributed by atoms with E-state index in [1.165, 1.54) is 22.3 Å². The van der Waals surface area contributed by atoms with Crippen molar-refractivity contribution in [1.29, 1.82) is 0 Å². The average molecular weight is 597 g/mol. The van der Waals surface area contributed by atoms with Crippen molar-refractivity contribution in [1.82, 2.24) is 9.97 Å². The topological polar surface area (TPSA) is 33.5 Å². The van der Waals surface area contributed by atoms with Crippen molar-refractivity contribution < 1.29 is 9.13 Å². The second kappa shape index (κ2) is 14.7. The van der Waals surface area contributed by atoms with E-state index in [1.54, 1.807) is 0 Å². The molecule has 6 aromatic rings. The molecule has 0 amide bonds. The predicted octanol–water partition coefficient (Wildman–Crippen LogP) is 8.47.